The number of hydrogen-bond acceptors (Lipinski definition) is 3. The maximum absolute atomic E-state index is 8.94. The number of morpholine rings is 1. The summed E-state index contributed by atoms with van der Waals surface area (Å²) in [6, 6.07) is 22.4. The molecule has 4 rings (SSSR count). The molecule has 1 heterocycles. The van der Waals surface area contributed by atoms with Gasteiger partial charge in [-0.25, -0.2) is 0 Å². The fraction of sp³-hybridized carbons (Fsp3) is 0.261. The van der Waals surface area contributed by atoms with Crippen LogP contribution in [-0.2, 0) is 17.9 Å². The van der Waals surface area contributed by atoms with E-state index in [1.54, 1.807) is 0 Å². The molecule has 0 saturated carbocycles. The van der Waals surface area contributed by atoms with Gasteiger partial charge in [-0.2, -0.15) is 5.26 Å². The number of quaternary nitrogens is 1. The van der Waals surface area contributed by atoms with Crippen molar-refractivity contribution in [1.82, 2.24) is 0 Å². The molecule has 1 aliphatic heterocycles. The summed E-state index contributed by atoms with van der Waals surface area (Å²) in [5.41, 5.74) is 2.99. The van der Waals surface area contributed by atoms with Crippen molar-refractivity contribution in [2.24, 2.45) is 0 Å². The first kappa shape index (κ1) is 17.5. The van der Waals surface area contributed by atoms with Crippen molar-refractivity contribution in [1.29, 1.82) is 5.26 Å². The van der Waals surface area contributed by atoms with Gasteiger partial charge in [0.25, 0.3) is 0 Å². The van der Waals surface area contributed by atoms with Gasteiger partial charge in [0.15, 0.2) is 0 Å². The second kappa shape index (κ2) is 8.22. The van der Waals surface area contributed by atoms with Crippen LogP contribution in [0.5, 0.6) is 5.75 Å². The number of nitrogens with one attached hydrogen (secondary N) is 1. The molecule has 1 aliphatic rings. The molecule has 0 atom stereocenters. The fourth-order valence-electron chi connectivity index (χ4n) is 3.56. The van der Waals surface area contributed by atoms with Crippen molar-refractivity contribution >= 4 is 10.8 Å². The van der Waals surface area contributed by atoms with Gasteiger partial charge in [-0.1, -0.05) is 42.5 Å². The number of benzene rings is 3. The molecule has 0 spiro atoms. The predicted molar refractivity (Wildman–Crippen MR) is 105 cm³/mol. The van der Waals surface area contributed by atoms with Crippen molar-refractivity contribution in [3.05, 3.63) is 77.4 Å². The Hall–Kier alpha value is -2.87. The normalized spacial score (nSPS) is 14.8. The third-order valence-electron chi connectivity index (χ3n) is 5.10. The lowest BCUT2D eigenvalue weighted by Gasteiger charge is -2.25. The van der Waals surface area contributed by atoms with Gasteiger partial charge in [-0.3, -0.25) is 0 Å². The largest absolute Gasteiger partial charge is 0.488 e. The average Bonchev–Trinajstić information content (AvgIpc) is 2.74. The zero-order chi connectivity index (χ0) is 18.5. The lowest BCUT2D eigenvalue weighted by Crippen LogP contribution is -3.12. The van der Waals surface area contributed by atoms with Crippen LogP contribution in [0.2, 0.25) is 0 Å². The minimum atomic E-state index is 0.496. The Bertz CT molecular complexity index is 954. The fourth-order valence-corrected chi connectivity index (χ4v) is 3.56. The first-order valence-corrected chi connectivity index (χ1v) is 9.37. The van der Waals surface area contributed by atoms with Crippen LogP contribution >= 0.6 is 0 Å². The van der Waals surface area contributed by atoms with Crippen LogP contribution in [-0.4, -0.2) is 26.3 Å². The maximum atomic E-state index is 8.94. The van der Waals surface area contributed by atoms with E-state index in [0.717, 1.165) is 44.2 Å². The highest BCUT2D eigenvalue weighted by atomic mass is 16.5. The van der Waals surface area contributed by atoms with Crippen molar-refractivity contribution in [3.8, 4) is 11.8 Å². The summed E-state index contributed by atoms with van der Waals surface area (Å²) in [7, 11) is 0. The molecule has 0 unspecified atom stereocenters. The minimum Gasteiger partial charge on any atom is -0.488 e. The Labute approximate surface area is 159 Å². The first-order valence-electron chi connectivity index (χ1n) is 9.37. The highest BCUT2D eigenvalue weighted by Gasteiger charge is 2.19. The molecule has 0 aromatic heterocycles. The lowest BCUT2D eigenvalue weighted by molar-refractivity contribution is -0.921. The molecule has 1 saturated heterocycles. The Kier molecular flexibility index (Phi) is 5.34. The van der Waals surface area contributed by atoms with E-state index >= 15 is 0 Å². The lowest BCUT2D eigenvalue weighted by atomic mass is 10.0. The van der Waals surface area contributed by atoms with Gasteiger partial charge < -0.3 is 14.4 Å². The summed E-state index contributed by atoms with van der Waals surface area (Å²) >= 11 is 0. The summed E-state index contributed by atoms with van der Waals surface area (Å²) in [5, 5.41) is 11.4. The summed E-state index contributed by atoms with van der Waals surface area (Å²) in [4.78, 5) is 1.53. The molecular formula is C23H23N2O2+. The number of ether oxygens (including phenoxy) is 2. The van der Waals surface area contributed by atoms with Gasteiger partial charge in [0.1, 0.15) is 32.0 Å². The average molecular weight is 359 g/mol. The number of hydrogen-bond donors (Lipinski definition) is 1. The molecule has 136 valence electrons. The van der Waals surface area contributed by atoms with E-state index in [2.05, 4.69) is 42.5 Å². The van der Waals surface area contributed by atoms with Crippen LogP contribution in [0.25, 0.3) is 10.8 Å². The summed E-state index contributed by atoms with van der Waals surface area (Å²) in [6.07, 6.45) is 0. The van der Waals surface area contributed by atoms with Crippen LogP contribution in [0.4, 0.5) is 0 Å². The zero-order valence-corrected chi connectivity index (χ0v) is 15.3. The second-order valence-electron chi connectivity index (χ2n) is 6.90. The Balaban J connectivity index is 1.60. The maximum Gasteiger partial charge on any atom is 0.129 e. The molecule has 0 bridgehead atoms. The van der Waals surface area contributed by atoms with E-state index in [9.17, 15) is 0 Å². The van der Waals surface area contributed by atoms with Crippen LogP contribution < -0.4 is 9.64 Å². The van der Waals surface area contributed by atoms with Gasteiger partial charge >= 0.3 is 0 Å². The van der Waals surface area contributed by atoms with E-state index in [-0.39, 0.29) is 0 Å². The first-order chi connectivity index (χ1) is 13.3. The predicted octanol–water partition coefficient (Wildman–Crippen LogP) is 2.71. The molecule has 4 nitrogen and oxygen atoms in total. The quantitative estimate of drug-likeness (QED) is 0.762. The molecule has 0 radical (unpaired) electrons. The van der Waals surface area contributed by atoms with Gasteiger partial charge in [0.2, 0.25) is 0 Å². The van der Waals surface area contributed by atoms with E-state index < -0.39 is 0 Å². The number of nitrogens with zero attached hydrogens (tertiary/aromatic N) is 1. The monoisotopic (exact) mass is 359 g/mol. The highest BCUT2D eigenvalue weighted by molar-refractivity contribution is 5.87. The SMILES string of the molecule is N#Cc1ccc(COc2ccc3ccccc3c2C[NH+]2CCOCC2)cc1. The third-order valence-corrected chi connectivity index (χ3v) is 5.10. The standard InChI is InChI=1S/C23H22N2O2/c24-15-18-5-7-19(8-6-18)17-27-23-10-9-20-3-1-2-4-21(20)22(23)16-25-11-13-26-14-12-25/h1-10H,11-14,16-17H2/p+1. The summed E-state index contributed by atoms with van der Waals surface area (Å²) in [5.74, 6) is 0.942. The summed E-state index contributed by atoms with van der Waals surface area (Å²) < 4.78 is 11.7. The number of nitriles is 1. The molecule has 0 aliphatic carbocycles. The number of rotatable bonds is 5. The van der Waals surface area contributed by atoms with Crippen molar-refractivity contribution < 1.29 is 14.4 Å². The molecule has 3 aromatic carbocycles. The van der Waals surface area contributed by atoms with E-state index in [1.807, 2.05) is 24.3 Å². The van der Waals surface area contributed by atoms with Crippen LogP contribution in [0.3, 0.4) is 0 Å². The van der Waals surface area contributed by atoms with Crippen LogP contribution in [0.15, 0.2) is 60.7 Å². The van der Waals surface area contributed by atoms with Crippen LogP contribution in [0.1, 0.15) is 16.7 Å². The topological polar surface area (TPSA) is 46.7 Å². The molecule has 1 fully saturated rings. The van der Waals surface area contributed by atoms with Gasteiger partial charge in [0, 0.05) is 0 Å². The minimum absolute atomic E-state index is 0.496. The van der Waals surface area contributed by atoms with E-state index in [0.29, 0.717) is 12.2 Å². The molecule has 0 amide bonds. The zero-order valence-electron chi connectivity index (χ0n) is 15.3. The molecule has 1 N–H and O–H groups in total. The van der Waals surface area contributed by atoms with E-state index in [4.69, 9.17) is 14.7 Å². The third kappa shape index (κ3) is 4.11. The van der Waals surface area contributed by atoms with E-state index in [1.165, 1.54) is 21.2 Å². The smallest absolute Gasteiger partial charge is 0.129 e. The van der Waals surface area contributed by atoms with Crippen LogP contribution in [0, 0.1) is 11.3 Å². The Morgan fingerprint density at radius 2 is 1.74 bits per heavy atom. The summed E-state index contributed by atoms with van der Waals surface area (Å²) in [6.45, 7) is 5.13. The van der Waals surface area contributed by atoms with Crippen molar-refractivity contribution in [2.45, 2.75) is 13.2 Å². The van der Waals surface area contributed by atoms with Crippen molar-refractivity contribution in [3.63, 3.8) is 0 Å². The number of fused-ring (bicyclic) bond motifs is 1. The molecule has 3 aromatic rings. The molecule has 27 heavy (non-hydrogen) atoms. The van der Waals surface area contributed by atoms with Crippen molar-refractivity contribution in [2.75, 3.05) is 26.3 Å². The molecular weight excluding hydrogens is 336 g/mol. The van der Waals surface area contributed by atoms with Gasteiger partial charge in [-0.15, -0.1) is 0 Å². The Morgan fingerprint density at radius 3 is 2.52 bits per heavy atom. The van der Waals surface area contributed by atoms with Gasteiger partial charge in [-0.05, 0) is 34.5 Å². The van der Waals surface area contributed by atoms with Gasteiger partial charge in [0.05, 0.1) is 30.4 Å². The molecule has 4 heteroatoms. The highest BCUT2D eigenvalue weighted by Crippen LogP contribution is 2.28. The Morgan fingerprint density at radius 1 is 0.963 bits per heavy atom. The second-order valence-corrected chi connectivity index (χ2v) is 6.90.